The highest BCUT2D eigenvalue weighted by atomic mass is 127. The van der Waals surface area contributed by atoms with E-state index in [1.165, 1.54) is 0 Å². The van der Waals surface area contributed by atoms with Gasteiger partial charge >= 0.3 is 6.01 Å². The Morgan fingerprint density at radius 2 is 2.22 bits per heavy atom. The minimum atomic E-state index is -0.820. The van der Waals surface area contributed by atoms with E-state index >= 15 is 0 Å². The summed E-state index contributed by atoms with van der Waals surface area (Å²) in [5.74, 6) is 0.160. The van der Waals surface area contributed by atoms with E-state index in [1.807, 2.05) is 25.1 Å². The standard InChI is InChI=1S/C18H20BrF2IN4O/c1-25(2)16-11-6-12(22)13(19)14(21)15(11)23-17(24-16)27-9-18-4-3-5-26(18)8-10(20)7-18/h6,10H,3-5,7-9H2,1-2H3/t10-,18+/m1/s1. The van der Waals surface area contributed by atoms with Gasteiger partial charge in [-0.15, -0.1) is 0 Å². The Morgan fingerprint density at radius 3 is 2.96 bits per heavy atom. The summed E-state index contributed by atoms with van der Waals surface area (Å²) in [5.41, 5.74) is -0.0761. The highest BCUT2D eigenvalue weighted by molar-refractivity contribution is 14.1. The second-order valence-corrected chi connectivity index (χ2v) is 9.43. The first kappa shape index (κ1) is 19.5. The highest BCUT2D eigenvalue weighted by Crippen LogP contribution is 2.40. The lowest BCUT2D eigenvalue weighted by Crippen LogP contribution is -2.43. The number of alkyl halides is 1. The van der Waals surface area contributed by atoms with Gasteiger partial charge in [-0.1, -0.05) is 0 Å². The van der Waals surface area contributed by atoms with E-state index < -0.39 is 12.0 Å². The third-order valence-corrected chi connectivity index (χ3v) is 7.81. The Kier molecular flexibility index (Phi) is 5.21. The monoisotopic (exact) mass is 552 g/mol. The predicted octanol–water partition coefficient (Wildman–Crippen LogP) is 4.16. The van der Waals surface area contributed by atoms with Crippen LogP contribution in [0.2, 0.25) is 0 Å². The van der Waals surface area contributed by atoms with E-state index in [4.69, 9.17) is 4.74 Å². The summed E-state index contributed by atoms with van der Waals surface area (Å²) < 4.78 is 35.8. The van der Waals surface area contributed by atoms with Crippen molar-refractivity contribution in [3.8, 4) is 6.01 Å². The molecule has 0 bridgehead atoms. The number of hydrogen-bond donors (Lipinski definition) is 0. The van der Waals surface area contributed by atoms with Gasteiger partial charge in [0.25, 0.3) is 0 Å². The number of nitrogens with zero attached hydrogens (tertiary/aromatic N) is 4. The van der Waals surface area contributed by atoms with Crippen molar-refractivity contribution in [2.45, 2.75) is 31.0 Å². The van der Waals surface area contributed by atoms with Crippen LogP contribution in [-0.4, -0.2) is 60.4 Å². The molecule has 146 valence electrons. The summed E-state index contributed by atoms with van der Waals surface area (Å²) >= 11 is 5.35. The second-order valence-electron chi connectivity index (χ2n) is 7.47. The molecule has 0 unspecified atom stereocenters. The fraction of sp³-hybridized carbons (Fsp3) is 0.556. The maximum Gasteiger partial charge on any atom is 0.319 e. The molecule has 27 heavy (non-hydrogen) atoms. The number of aromatic nitrogens is 2. The zero-order valence-electron chi connectivity index (χ0n) is 15.1. The number of benzene rings is 1. The van der Waals surface area contributed by atoms with Crippen molar-refractivity contribution in [2.75, 3.05) is 38.7 Å². The molecular weight excluding hydrogens is 533 g/mol. The van der Waals surface area contributed by atoms with E-state index in [0.717, 1.165) is 23.0 Å². The summed E-state index contributed by atoms with van der Waals surface area (Å²) in [6, 6.07) is 1.98. The summed E-state index contributed by atoms with van der Waals surface area (Å²) in [5, 5.41) is 0.628. The molecule has 9 heteroatoms. The first-order valence-corrected chi connectivity index (χ1v) is 10.7. The molecule has 2 aliphatic rings. The zero-order valence-corrected chi connectivity index (χ0v) is 18.8. The van der Waals surface area contributed by atoms with Crippen molar-refractivity contribution in [3.05, 3.63) is 19.9 Å². The van der Waals surface area contributed by atoms with Crippen LogP contribution in [-0.2, 0) is 0 Å². The van der Waals surface area contributed by atoms with Gasteiger partial charge in [-0.2, -0.15) is 9.97 Å². The molecule has 1 aromatic heterocycles. The smallest absolute Gasteiger partial charge is 0.319 e. The predicted molar refractivity (Wildman–Crippen MR) is 113 cm³/mol. The molecule has 2 atom stereocenters. The zero-order chi connectivity index (χ0) is 19.3. The van der Waals surface area contributed by atoms with E-state index in [-0.39, 0.29) is 17.1 Å². The van der Waals surface area contributed by atoms with Gasteiger partial charge in [-0.25, -0.2) is 8.78 Å². The van der Waals surface area contributed by atoms with Crippen molar-refractivity contribution < 1.29 is 13.5 Å². The summed E-state index contributed by atoms with van der Waals surface area (Å²) in [4.78, 5) is 12.8. The maximum absolute atomic E-state index is 14.8. The first-order valence-electron chi connectivity index (χ1n) is 8.85. The van der Waals surface area contributed by atoms with Crippen molar-refractivity contribution in [1.82, 2.24) is 14.9 Å². The van der Waals surface area contributed by atoms with Crippen LogP contribution < -0.4 is 9.64 Å². The lowest BCUT2D eigenvalue weighted by Gasteiger charge is -2.30. The Labute approximate surface area is 178 Å². The number of hydrogen-bond acceptors (Lipinski definition) is 5. The molecule has 0 radical (unpaired) electrons. The molecule has 0 aliphatic carbocycles. The van der Waals surface area contributed by atoms with Crippen molar-refractivity contribution in [3.63, 3.8) is 0 Å². The Hall–Kier alpha value is -0.810. The third-order valence-electron chi connectivity index (χ3n) is 5.44. The van der Waals surface area contributed by atoms with Crippen LogP contribution in [0, 0.1) is 9.39 Å². The van der Waals surface area contributed by atoms with Gasteiger partial charge in [-0.05, 0) is 64.0 Å². The van der Waals surface area contributed by atoms with Gasteiger partial charge in [0.15, 0.2) is 5.82 Å². The summed E-state index contributed by atoms with van der Waals surface area (Å²) in [6.07, 6.45) is 1.59. The number of fused-ring (bicyclic) bond motifs is 2. The van der Waals surface area contributed by atoms with Gasteiger partial charge in [0, 0.05) is 36.0 Å². The fourth-order valence-corrected chi connectivity index (χ4v) is 5.04. The molecule has 0 saturated carbocycles. The van der Waals surface area contributed by atoms with E-state index in [9.17, 15) is 8.78 Å². The van der Waals surface area contributed by atoms with Gasteiger partial charge in [0.1, 0.15) is 24.1 Å². The van der Waals surface area contributed by atoms with Gasteiger partial charge in [0.05, 0.1) is 10.0 Å². The Bertz CT molecular complexity index is 900. The molecule has 2 aromatic rings. The number of rotatable bonds is 4. The molecule has 3 heterocycles. The quantitative estimate of drug-likeness (QED) is 0.421. The Morgan fingerprint density at radius 1 is 1.44 bits per heavy atom. The number of anilines is 1. The third kappa shape index (κ3) is 3.39. The molecule has 2 saturated heterocycles. The van der Waals surface area contributed by atoms with Gasteiger partial charge in [-0.3, -0.25) is 4.90 Å². The summed E-state index contributed by atoms with van der Waals surface area (Å²) in [6.45, 7) is 1.68. The lowest BCUT2D eigenvalue weighted by atomic mass is 9.95. The molecule has 0 amide bonds. The molecule has 2 aliphatic heterocycles. The van der Waals surface area contributed by atoms with Crippen molar-refractivity contribution in [2.24, 2.45) is 0 Å². The topological polar surface area (TPSA) is 41.5 Å². The van der Waals surface area contributed by atoms with Gasteiger partial charge < -0.3 is 9.64 Å². The van der Waals surface area contributed by atoms with Crippen molar-refractivity contribution in [1.29, 1.82) is 0 Å². The van der Waals surface area contributed by atoms with Crippen molar-refractivity contribution >= 4 is 55.2 Å². The Balaban J connectivity index is 1.70. The minimum absolute atomic E-state index is 0.127. The molecular formula is C18H20BrF2IN4O. The van der Waals surface area contributed by atoms with E-state index in [0.29, 0.717) is 35.2 Å². The lowest BCUT2D eigenvalue weighted by molar-refractivity contribution is 0.107. The second kappa shape index (κ2) is 7.22. The van der Waals surface area contributed by atoms with Crippen LogP contribution in [0.15, 0.2) is 10.5 Å². The SMILES string of the molecule is CN(C)c1nc(OC[C@@]23CCCN2C[C@H](F)C3)nc2c(F)c(Br)c(I)cc12. The minimum Gasteiger partial charge on any atom is -0.461 e. The average molecular weight is 553 g/mol. The van der Waals surface area contributed by atoms with Crippen LogP contribution in [0.1, 0.15) is 19.3 Å². The van der Waals surface area contributed by atoms with Crippen LogP contribution in [0.3, 0.4) is 0 Å². The van der Waals surface area contributed by atoms with Crippen LogP contribution in [0.4, 0.5) is 14.6 Å². The average Bonchev–Trinajstić information content (AvgIpc) is 3.13. The molecule has 5 nitrogen and oxygen atoms in total. The molecule has 2 fully saturated rings. The largest absolute Gasteiger partial charge is 0.461 e. The summed E-state index contributed by atoms with van der Waals surface area (Å²) in [7, 11) is 3.70. The molecule has 1 aromatic carbocycles. The van der Waals surface area contributed by atoms with E-state index in [2.05, 4.69) is 53.4 Å². The van der Waals surface area contributed by atoms with Gasteiger partial charge in [0.2, 0.25) is 0 Å². The number of ether oxygens (including phenoxy) is 1. The normalized spacial score (nSPS) is 25.2. The molecule has 0 spiro atoms. The van der Waals surface area contributed by atoms with E-state index in [1.54, 1.807) is 0 Å². The van der Waals surface area contributed by atoms with Crippen LogP contribution in [0.5, 0.6) is 6.01 Å². The van der Waals surface area contributed by atoms with Crippen LogP contribution in [0.25, 0.3) is 10.9 Å². The maximum atomic E-state index is 14.8. The van der Waals surface area contributed by atoms with Crippen LogP contribution >= 0.6 is 38.5 Å². The highest BCUT2D eigenvalue weighted by Gasteiger charge is 2.49. The fourth-order valence-electron chi connectivity index (χ4n) is 4.19. The molecule has 0 N–H and O–H groups in total. The molecule has 4 rings (SSSR count). The first-order chi connectivity index (χ1) is 12.8. The number of halogens is 4.